The topological polar surface area (TPSA) is 64.3 Å². The quantitative estimate of drug-likeness (QED) is 0.263. The van der Waals surface area contributed by atoms with Crippen LogP contribution in [0.1, 0.15) is 19.8 Å². The highest BCUT2D eigenvalue weighted by Gasteiger charge is 2.04. The molecule has 0 saturated carbocycles. The summed E-state index contributed by atoms with van der Waals surface area (Å²) >= 11 is 0. The predicted molar refractivity (Wildman–Crippen MR) is 47.2 cm³/mol. The summed E-state index contributed by atoms with van der Waals surface area (Å²) < 4.78 is 5.25. The van der Waals surface area contributed by atoms with Crippen LogP contribution in [-0.4, -0.2) is 18.6 Å². The van der Waals surface area contributed by atoms with Crippen LogP contribution in [0, 0.1) is 0 Å². The summed E-state index contributed by atoms with van der Waals surface area (Å²) in [6.45, 7) is 5.95. The second-order valence-corrected chi connectivity index (χ2v) is 2.54. The molecule has 1 atom stereocenters. The van der Waals surface area contributed by atoms with Crippen molar-refractivity contribution >= 4 is 5.91 Å². The maximum absolute atomic E-state index is 10.7. The van der Waals surface area contributed by atoms with E-state index >= 15 is 0 Å². The fourth-order valence-corrected chi connectivity index (χ4v) is 0.722. The van der Waals surface area contributed by atoms with Crippen molar-refractivity contribution in [3.63, 3.8) is 0 Å². The van der Waals surface area contributed by atoms with Crippen LogP contribution in [0.5, 0.6) is 0 Å². The molecule has 0 rings (SSSR count). The number of amides is 1. The maximum Gasteiger partial charge on any atom is 0.233 e. The monoisotopic (exact) mass is 172 g/mol. The zero-order valence-corrected chi connectivity index (χ0v) is 7.38. The molecule has 0 aromatic heterocycles. The Morgan fingerprint density at radius 2 is 2.50 bits per heavy atom. The molecule has 0 radical (unpaired) electrons. The van der Waals surface area contributed by atoms with E-state index in [2.05, 4.69) is 12.0 Å². The summed E-state index contributed by atoms with van der Waals surface area (Å²) in [6, 6.07) is 0. The van der Waals surface area contributed by atoms with Crippen molar-refractivity contribution in [1.82, 2.24) is 5.43 Å². The SMILES string of the molecule is C=CCOC(C)CCC(=O)NN. The Hall–Kier alpha value is -0.870. The maximum atomic E-state index is 10.7. The largest absolute Gasteiger partial charge is 0.374 e. The number of nitrogens with two attached hydrogens (primary N) is 1. The van der Waals surface area contributed by atoms with Crippen molar-refractivity contribution in [3.8, 4) is 0 Å². The zero-order valence-electron chi connectivity index (χ0n) is 7.38. The molecule has 0 fully saturated rings. The number of hydrazine groups is 1. The Kier molecular flexibility index (Phi) is 6.32. The number of carbonyl (C=O) groups excluding carboxylic acids is 1. The summed E-state index contributed by atoms with van der Waals surface area (Å²) in [7, 11) is 0. The fraction of sp³-hybridized carbons (Fsp3) is 0.625. The fourth-order valence-electron chi connectivity index (χ4n) is 0.722. The van der Waals surface area contributed by atoms with Crippen molar-refractivity contribution in [1.29, 1.82) is 0 Å². The predicted octanol–water partition coefficient (Wildman–Crippen LogP) is 0.348. The van der Waals surface area contributed by atoms with Gasteiger partial charge in [-0.3, -0.25) is 10.2 Å². The van der Waals surface area contributed by atoms with Crippen molar-refractivity contribution < 1.29 is 9.53 Å². The van der Waals surface area contributed by atoms with E-state index in [9.17, 15) is 4.79 Å². The van der Waals surface area contributed by atoms with Crippen molar-refractivity contribution in [2.75, 3.05) is 6.61 Å². The van der Waals surface area contributed by atoms with Gasteiger partial charge in [-0.25, -0.2) is 5.84 Å². The highest BCUT2D eigenvalue weighted by Crippen LogP contribution is 2.00. The first-order chi connectivity index (χ1) is 5.70. The highest BCUT2D eigenvalue weighted by molar-refractivity contribution is 5.75. The molecule has 0 aliphatic rings. The normalized spacial score (nSPS) is 12.2. The van der Waals surface area contributed by atoms with E-state index in [0.717, 1.165) is 0 Å². The molecule has 0 spiro atoms. The van der Waals surface area contributed by atoms with Gasteiger partial charge in [0.1, 0.15) is 0 Å². The first-order valence-electron chi connectivity index (χ1n) is 3.92. The van der Waals surface area contributed by atoms with Gasteiger partial charge in [0.2, 0.25) is 5.91 Å². The summed E-state index contributed by atoms with van der Waals surface area (Å²) in [6.07, 6.45) is 2.82. The zero-order chi connectivity index (χ0) is 9.40. The lowest BCUT2D eigenvalue weighted by molar-refractivity contribution is -0.121. The van der Waals surface area contributed by atoms with E-state index in [1.165, 1.54) is 0 Å². The Balaban J connectivity index is 3.36. The number of hydrogen-bond donors (Lipinski definition) is 2. The molecular weight excluding hydrogens is 156 g/mol. The third-order valence-electron chi connectivity index (χ3n) is 1.44. The Bertz CT molecular complexity index is 148. The van der Waals surface area contributed by atoms with Gasteiger partial charge in [0.05, 0.1) is 12.7 Å². The summed E-state index contributed by atoms with van der Waals surface area (Å²) in [5.74, 6) is 4.74. The minimum Gasteiger partial charge on any atom is -0.374 e. The van der Waals surface area contributed by atoms with Gasteiger partial charge in [-0.15, -0.1) is 6.58 Å². The van der Waals surface area contributed by atoms with Crippen LogP contribution >= 0.6 is 0 Å². The van der Waals surface area contributed by atoms with Gasteiger partial charge in [0, 0.05) is 6.42 Å². The van der Waals surface area contributed by atoms with Gasteiger partial charge in [-0.2, -0.15) is 0 Å². The van der Waals surface area contributed by atoms with Crippen LogP contribution in [0.2, 0.25) is 0 Å². The van der Waals surface area contributed by atoms with Crippen LogP contribution in [-0.2, 0) is 9.53 Å². The second-order valence-electron chi connectivity index (χ2n) is 2.54. The molecule has 4 heteroatoms. The smallest absolute Gasteiger partial charge is 0.233 e. The van der Waals surface area contributed by atoms with E-state index in [0.29, 0.717) is 19.4 Å². The third-order valence-corrected chi connectivity index (χ3v) is 1.44. The summed E-state index contributed by atoms with van der Waals surface area (Å²) in [5.41, 5.74) is 2.06. The van der Waals surface area contributed by atoms with Crippen molar-refractivity contribution in [2.45, 2.75) is 25.9 Å². The van der Waals surface area contributed by atoms with E-state index < -0.39 is 0 Å². The number of hydrogen-bond acceptors (Lipinski definition) is 3. The van der Waals surface area contributed by atoms with Crippen LogP contribution in [0.3, 0.4) is 0 Å². The number of rotatable bonds is 6. The van der Waals surface area contributed by atoms with Gasteiger partial charge in [0.25, 0.3) is 0 Å². The average Bonchev–Trinajstić information content (AvgIpc) is 2.10. The minimum absolute atomic E-state index is 0.0697. The van der Waals surface area contributed by atoms with Gasteiger partial charge >= 0.3 is 0 Å². The first-order valence-corrected chi connectivity index (χ1v) is 3.92. The summed E-state index contributed by atoms with van der Waals surface area (Å²) in [4.78, 5) is 10.7. The molecule has 4 nitrogen and oxygen atoms in total. The molecule has 0 saturated heterocycles. The molecule has 0 bridgehead atoms. The third kappa shape index (κ3) is 5.88. The van der Waals surface area contributed by atoms with Gasteiger partial charge in [-0.1, -0.05) is 6.08 Å². The van der Waals surface area contributed by atoms with Gasteiger partial charge in [-0.05, 0) is 13.3 Å². The second kappa shape index (κ2) is 6.82. The molecule has 0 aliphatic carbocycles. The molecule has 0 heterocycles. The number of ether oxygens (including phenoxy) is 1. The van der Waals surface area contributed by atoms with E-state index in [1.54, 1.807) is 6.08 Å². The van der Waals surface area contributed by atoms with Crippen LogP contribution < -0.4 is 11.3 Å². The van der Waals surface area contributed by atoms with E-state index in [4.69, 9.17) is 10.6 Å². The molecule has 12 heavy (non-hydrogen) atoms. The first kappa shape index (κ1) is 11.1. The van der Waals surface area contributed by atoms with Crippen LogP contribution in [0.25, 0.3) is 0 Å². The molecule has 1 amide bonds. The Morgan fingerprint density at radius 1 is 1.83 bits per heavy atom. The van der Waals surface area contributed by atoms with Crippen LogP contribution in [0.15, 0.2) is 12.7 Å². The number of carbonyl (C=O) groups is 1. The molecule has 0 aromatic carbocycles. The molecule has 1 unspecified atom stereocenters. The average molecular weight is 172 g/mol. The molecule has 70 valence electrons. The summed E-state index contributed by atoms with van der Waals surface area (Å²) in [5, 5.41) is 0. The standard InChI is InChI=1S/C8H16N2O2/c1-3-6-12-7(2)4-5-8(11)10-9/h3,7H,1,4-6,9H2,2H3,(H,10,11). The minimum atomic E-state index is -0.163. The van der Waals surface area contributed by atoms with Gasteiger partial charge < -0.3 is 4.74 Å². The van der Waals surface area contributed by atoms with Crippen molar-refractivity contribution in [2.24, 2.45) is 5.84 Å². The van der Waals surface area contributed by atoms with Crippen molar-refractivity contribution in [3.05, 3.63) is 12.7 Å². The molecule has 0 aromatic rings. The molecule has 3 N–H and O–H groups in total. The highest BCUT2D eigenvalue weighted by atomic mass is 16.5. The number of nitrogens with one attached hydrogen (secondary N) is 1. The van der Waals surface area contributed by atoms with Crippen LogP contribution in [0.4, 0.5) is 0 Å². The Labute approximate surface area is 72.7 Å². The van der Waals surface area contributed by atoms with E-state index in [-0.39, 0.29) is 12.0 Å². The molecule has 0 aliphatic heterocycles. The lowest BCUT2D eigenvalue weighted by Gasteiger charge is -2.09. The Morgan fingerprint density at radius 3 is 3.00 bits per heavy atom. The lowest BCUT2D eigenvalue weighted by atomic mass is 10.2. The lowest BCUT2D eigenvalue weighted by Crippen LogP contribution is -2.30. The van der Waals surface area contributed by atoms with E-state index in [1.807, 2.05) is 6.92 Å². The van der Waals surface area contributed by atoms with Gasteiger partial charge in [0.15, 0.2) is 0 Å². The molecular formula is C8H16N2O2.